The lowest BCUT2D eigenvalue weighted by atomic mass is 10.2. The van der Waals surface area contributed by atoms with Crippen LogP contribution < -0.4 is 0 Å². The van der Waals surface area contributed by atoms with Crippen molar-refractivity contribution in [3.8, 4) is 11.8 Å². The second-order valence-electron chi connectivity index (χ2n) is 2.55. The summed E-state index contributed by atoms with van der Waals surface area (Å²) in [6.45, 7) is 0. The summed E-state index contributed by atoms with van der Waals surface area (Å²) in [4.78, 5) is 0. The van der Waals surface area contributed by atoms with Gasteiger partial charge in [0, 0.05) is 5.39 Å². The number of aromatic amines is 1. The highest BCUT2D eigenvalue weighted by atomic mass is 35.5. The number of aromatic nitrogens is 2. The van der Waals surface area contributed by atoms with Gasteiger partial charge in [0.2, 0.25) is 0 Å². The van der Waals surface area contributed by atoms with Crippen LogP contribution in [0.2, 0.25) is 0 Å². The number of alkyl halides is 1. The maximum absolute atomic E-state index is 5.46. The highest BCUT2D eigenvalue weighted by molar-refractivity contribution is 6.19. The number of halogens is 1. The van der Waals surface area contributed by atoms with Gasteiger partial charge in [0.05, 0.1) is 11.4 Å². The summed E-state index contributed by atoms with van der Waals surface area (Å²) in [7, 11) is 0. The van der Waals surface area contributed by atoms with Gasteiger partial charge in [-0.1, -0.05) is 18.1 Å². The molecule has 0 fully saturated rings. The summed E-state index contributed by atoms with van der Waals surface area (Å²) >= 11 is 5.46. The molecule has 0 amide bonds. The zero-order chi connectivity index (χ0) is 9.10. The van der Waals surface area contributed by atoms with Crippen LogP contribution in [0.4, 0.5) is 0 Å². The molecule has 0 bridgehead atoms. The third-order valence-corrected chi connectivity index (χ3v) is 1.88. The Morgan fingerprint density at radius 3 is 3.08 bits per heavy atom. The van der Waals surface area contributed by atoms with Crippen molar-refractivity contribution in [1.82, 2.24) is 10.2 Å². The molecule has 1 aromatic carbocycles. The average Bonchev–Trinajstić information content (AvgIpc) is 2.58. The molecule has 64 valence electrons. The maximum atomic E-state index is 5.46. The second-order valence-corrected chi connectivity index (χ2v) is 2.82. The number of rotatable bonds is 0. The van der Waals surface area contributed by atoms with E-state index in [9.17, 15) is 0 Å². The van der Waals surface area contributed by atoms with Crippen molar-refractivity contribution in [2.45, 2.75) is 0 Å². The van der Waals surface area contributed by atoms with Gasteiger partial charge in [0.25, 0.3) is 0 Å². The van der Waals surface area contributed by atoms with E-state index < -0.39 is 0 Å². The van der Waals surface area contributed by atoms with Crippen molar-refractivity contribution >= 4 is 22.5 Å². The van der Waals surface area contributed by atoms with E-state index in [2.05, 4.69) is 22.0 Å². The summed E-state index contributed by atoms with van der Waals surface area (Å²) in [5.41, 5.74) is 1.76. The molecule has 2 rings (SSSR count). The SMILES string of the molecule is ClCC#Cc1[nH]nc2ccccc12. The highest BCUT2D eigenvalue weighted by Crippen LogP contribution is 2.13. The number of benzene rings is 1. The van der Waals surface area contributed by atoms with Gasteiger partial charge in [-0.3, -0.25) is 5.10 Å². The Bertz CT molecular complexity index is 476. The molecule has 13 heavy (non-hydrogen) atoms. The fraction of sp³-hybridized carbons (Fsp3) is 0.100. The number of hydrogen-bond donors (Lipinski definition) is 1. The van der Waals surface area contributed by atoms with Crippen LogP contribution in [0, 0.1) is 11.8 Å². The van der Waals surface area contributed by atoms with Crippen LogP contribution in [-0.4, -0.2) is 16.1 Å². The van der Waals surface area contributed by atoms with E-state index in [0.29, 0.717) is 5.88 Å². The molecule has 0 radical (unpaired) electrons. The molecule has 2 nitrogen and oxygen atoms in total. The number of nitrogens with one attached hydrogen (secondary N) is 1. The van der Waals surface area contributed by atoms with E-state index in [0.717, 1.165) is 16.6 Å². The first kappa shape index (κ1) is 8.15. The lowest BCUT2D eigenvalue weighted by molar-refractivity contribution is 1.10. The first-order valence-electron chi connectivity index (χ1n) is 3.90. The Morgan fingerprint density at radius 1 is 1.38 bits per heavy atom. The zero-order valence-electron chi connectivity index (χ0n) is 6.84. The Morgan fingerprint density at radius 2 is 2.23 bits per heavy atom. The minimum absolute atomic E-state index is 0.341. The minimum Gasteiger partial charge on any atom is -0.269 e. The van der Waals surface area contributed by atoms with E-state index in [1.165, 1.54) is 0 Å². The summed E-state index contributed by atoms with van der Waals surface area (Å²) in [6, 6.07) is 7.83. The quantitative estimate of drug-likeness (QED) is 0.501. The van der Waals surface area contributed by atoms with Gasteiger partial charge >= 0.3 is 0 Å². The maximum Gasteiger partial charge on any atom is 0.115 e. The Balaban J connectivity index is 2.58. The van der Waals surface area contributed by atoms with Gasteiger partial charge < -0.3 is 0 Å². The molecule has 0 aliphatic carbocycles. The van der Waals surface area contributed by atoms with E-state index in [-0.39, 0.29) is 0 Å². The van der Waals surface area contributed by atoms with E-state index >= 15 is 0 Å². The normalized spacial score (nSPS) is 9.62. The lowest BCUT2D eigenvalue weighted by Gasteiger charge is -1.84. The molecule has 1 N–H and O–H groups in total. The molecule has 2 aromatic rings. The van der Waals surface area contributed by atoms with Crippen LogP contribution in [0.5, 0.6) is 0 Å². The summed E-state index contributed by atoms with van der Waals surface area (Å²) < 4.78 is 0. The first-order chi connectivity index (χ1) is 6.42. The van der Waals surface area contributed by atoms with Gasteiger partial charge in [-0.05, 0) is 18.1 Å². The van der Waals surface area contributed by atoms with Crippen molar-refractivity contribution in [2.24, 2.45) is 0 Å². The monoisotopic (exact) mass is 190 g/mol. The predicted molar refractivity (Wildman–Crippen MR) is 53.7 cm³/mol. The largest absolute Gasteiger partial charge is 0.269 e. The van der Waals surface area contributed by atoms with Crippen LogP contribution in [0.15, 0.2) is 24.3 Å². The van der Waals surface area contributed by atoms with Crippen LogP contribution in [0.1, 0.15) is 5.69 Å². The molecule has 0 atom stereocenters. The van der Waals surface area contributed by atoms with Crippen molar-refractivity contribution in [3.63, 3.8) is 0 Å². The molecule has 1 aromatic heterocycles. The van der Waals surface area contributed by atoms with Crippen molar-refractivity contribution in [3.05, 3.63) is 30.0 Å². The third-order valence-electron chi connectivity index (χ3n) is 1.74. The molecule has 1 heterocycles. The van der Waals surface area contributed by atoms with Crippen LogP contribution in [0.3, 0.4) is 0 Å². The van der Waals surface area contributed by atoms with Gasteiger partial charge in [-0.2, -0.15) is 5.10 Å². The standard InChI is InChI=1S/C10H7ClN2/c11-7-3-6-10-8-4-1-2-5-9(8)12-13-10/h1-2,4-5H,7H2,(H,12,13). The lowest BCUT2D eigenvalue weighted by Crippen LogP contribution is -1.74. The van der Waals surface area contributed by atoms with E-state index in [4.69, 9.17) is 11.6 Å². The van der Waals surface area contributed by atoms with Crippen molar-refractivity contribution in [1.29, 1.82) is 0 Å². The van der Waals surface area contributed by atoms with Crippen molar-refractivity contribution < 1.29 is 0 Å². The molecule has 3 heteroatoms. The van der Waals surface area contributed by atoms with E-state index in [1.54, 1.807) is 0 Å². The van der Waals surface area contributed by atoms with Gasteiger partial charge in [0.15, 0.2) is 0 Å². The number of para-hydroxylation sites is 1. The van der Waals surface area contributed by atoms with E-state index in [1.807, 2.05) is 24.3 Å². The molecule has 0 aliphatic heterocycles. The molecule has 0 spiro atoms. The summed E-state index contributed by atoms with van der Waals surface area (Å²) in [5.74, 6) is 6.04. The first-order valence-corrected chi connectivity index (χ1v) is 4.43. The van der Waals surface area contributed by atoms with Crippen molar-refractivity contribution in [2.75, 3.05) is 5.88 Å². The average molecular weight is 191 g/mol. The molecular formula is C10H7ClN2. The fourth-order valence-electron chi connectivity index (χ4n) is 1.18. The molecule has 0 saturated carbocycles. The van der Waals surface area contributed by atoms with Crippen LogP contribution in [0.25, 0.3) is 10.9 Å². The number of H-pyrrole nitrogens is 1. The fourth-order valence-corrected chi connectivity index (χ4v) is 1.24. The predicted octanol–water partition coefficient (Wildman–Crippen LogP) is 2.15. The number of fused-ring (bicyclic) bond motifs is 1. The van der Waals surface area contributed by atoms with Gasteiger partial charge in [-0.15, -0.1) is 11.6 Å². The smallest absolute Gasteiger partial charge is 0.115 e. The van der Waals surface area contributed by atoms with Crippen LogP contribution in [-0.2, 0) is 0 Å². The third kappa shape index (κ3) is 1.51. The molecule has 0 aliphatic rings. The summed E-state index contributed by atoms with van der Waals surface area (Å²) in [5, 5.41) is 8.01. The highest BCUT2D eigenvalue weighted by Gasteiger charge is 1.99. The van der Waals surface area contributed by atoms with Gasteiger partial charge in [-0.25, -0.2) is 0 Å². The topological polar surface area (TPSA) is 28.7 Å². The Labute approximate surface area is 80.9 Å². The molecular weight excluding hydrogens is 184 g/mol. The number of nitrogens with zero attached hydrogens (tertiary/aromatic N) is 1. The summed E-state index contributed by atoms with van der Waals surface area (Å²) in [6.07, 6.45) is 0. The molecule has 0 unspecified atom stereocenters. The Kier molecular flexibility index (Phi) is 2.20. The van der Waals surface area contributed by atoms with Gasteiger partial charge in [0.1, 0.15) is 5.69 Å². The second kappa shape index (κ2) is 3.51. The minimum atomic E-state index is 0.341. The Hall–Kier alpha value is -1.46. The molecule has 0 saturated heterocycles. The van der Waals surface area contributed by atoms with Crippen LogP contribution >= 0.6 is 11.6 Å². The number of hydrogen-bond acceptors (Lipinski definition) is 1. The zero-order valence-corrected chi connectivity index (χ0v) is 7.60.